The number of benzene rings is 2. The van der Waals surface area contributed by atoms with E-state index in [1.807, 2.05) is 62.4 Å². The van der Waals surface area contributed by atoms with Crippen LogP contribution in [-0.4, -0.2) is 32.5 Å². The van der Waals surface area contributed by atoms with Crippen molar-refractivity contribution in [1.82, 2.24) is 20.2 Å². The van der Waals surface area contributed by atoms with Crippen molar-refractivity contribution in [3.63, 3.8) is 0 Å². The summed E-state index contributed by atoms with van der Waals surface area (Å²) in [5.74, 6) is 1.18. The Labute approximate surface area is 150 Å². The summed E-state index contributed by atoms with van der Waals surface area (Å²) >= 11 is 0. The molecule has 0 atom stereocenters. The molecule has 0 saturated heterocycles. The Morgan fingerprint density at radius 1 is 1.12 bits per heavy atom. The Morgan fingerprint density at radius 3 is 2.73 bits per heavy atom. The van der Waals surface area contributed by atoms with Crippen molar-refractivity contribution >= 4 is 33.7 Å². The van der Waals surface area contributed by atoms with Gasteiger partial charge in [0, 0.05) is 10.9 Å². The van der Waals surface area contributed by atoms with Crippen LogP contribution < -0.4 is 10.2 Å². The second-order valence-corrected chi connectivity index (χ2v) is 5.77. The predicted octanol–water partition coefficient (Wildman–Crippen LogP) is 3.74. The van der Waals surface area contributed by atoms with Gasteiger partial charge in [-0.2, -0.15) is 10.1 Å². The third-order valence-electron chi connectivity index (χ3n) is 4.03. The van der Waals surface area contributed by atoms with Crippen molar-refractivity contribution in [3.05, 3.63) is 54.1 Å². The number of nitrogens with one attached hydrogen (secondary N) is 2. The highest BCUT2D eigenvalue weighted by Gasteiger charge is 2.08. The number of hydrogen-bond donors (Lipinski definition) is 2. The number of nitrogens with zero attached hydrogens (tertiary/aromatic N) is 4. The fraction of sp³-hybridized carbons (Fsp3) is 0.158. The number of H-pyrrole nitrogens is 1. The largest absolute Gasteiger partial charge is 0.494 e. The van der Waals surface area contributed by atoms with Crippen LogP contribution in [0.1, 0.15) is 19.4 Å². The molecule has 2 N–H and O–H groups in total. The highest BCUT2D eigenvalue weighted by molar-refractivity contribution is 6.03. The van der Waals surface area contributed by atoms with Gasteiger partial charge in [0.1, 0.15) is 11.3 Å². The van der Waals surface area contributed by atoms with Crippen LogP contribution in [0.5, 0.6) is 5.75 Å². The molecule has 2 heterocycles. The Hall–Kier alpha value is -3.48. The zero-order valence-electron chi connectivity index (χ0n) is 14.5. The number of aromatic nitrogens is 4. The molecule has 26 heavy (non-hydrogen) atoms. The fourth-order valence-corrected chi connectivity index (χ4v) is 2.73. The first-order chi connectivity index (χ1) is 12.7. The first-order valence-electron chi connectivity index (χ1n) is 8.39. The van der Waals surface area contributed by atoms with Crippen LogP contribution in [0.25, 0.3) is 22.1 Å². The molecule has 0 aliphatic rings. The van der Waals surface area contributed by atoms with Gasteiger partial charge in [0.2, 0.25) is 0 Å². The molecule has 0 unspecified atom stereocenters. The van der Waals surface area contributed by atoms with Crippen LogP contribution in [0.15, 0.2) is 53.6 Å². The summed E-state index contributed by atoms with van der Waals surface area (Å²) in [5.41, 5.74) is 7.08. The van der Waals surface area contributed by atoms with E-state index < -0.39 is 0 Å². The maximum Gasteiger partial charge on any atom is 0.265 e. The molecule has 0 spiro atoms. The first kappa shape index (κ1) is 16.0. The van der Waals surface area contributed by atoms with Gasteiger partial charge in [-0.05, 0) is 49.7 Å². The zero-order valence-corrected chi connectivity index (χ0v) is 14.5. The van der Waals surface area contributed by atoms with Crippen molar-refractivity contribution in [1.29, 1.82) is 0 Å². The number of anilines is 1. The SMILES string of the molecule is CCOc1ccc(C(C)=NNc2nnc3c(n2)[nH]c2ccccc23)cc1. The molecule has 7 heteroatoms. The molecular weight excluding hydrogens is 328 g/mol. The summed E-state index contributed by atoms with van der Waals surface area (Å²) in [6, 6.07) is 15.7. The highest BCUT2D eigenvalue weighted by atomic mass is 16.5. The van der Waals surface area contributed by atoms with Crippen molar-refractivity contribution in [2.24, 2.45) is 5.10 Å². The summed E-state index contributed by atoms with van der Waals surface area (Å²) in [6.07, 6.45) is 0. The summed E-state index contributed by atoms with van der Waals surface area (Å²) in [7, 11) is 0. The van der Waals surface area contributed by atoms with E-state index in [9.17, 15) is 0 Å². The number of hydrazone groups is 1. The van der Waals surface area contributed by atoms with Gasteiger partial charge in [-0.15, -0.1) is 10.2 Å². The minimum atomic E-state index is 0.342. The van der Waals surface area contributed by atoms with Crippen LogP contribution in [-0.2, 0) is 0 Å². The molecular formula is C19H18N6O. The van der Waals surface area contributed by atoms with Gasteiger partial charge in [-0.1, -0.05) is 18.2 Å². The Bertz CT molecular complexity index is 1080. The monoisotopic (exact) mass is 346 g/mol. The minimum absolute atomic E-state index is 0.342. The molecule has 0 aliphatic carbocycles. The van der Waals surface area contributed by atoms with E-state index in [2.05, 4.69) is 30.7 Å². The van der Waals surface area contributed by atoms with Crippen molar-refractivity contribution in [2.75, 3.05) is 12.0 Å². The van der Waals surface area contributed by atoms with Crippen molar-refractivity contribution < 1.29 is 4.74 Å². The lowest BCUT2D eigenvalue weighted by Gasteiger charge is -2.05. The van der Waals surface area contributed by atoms with Crippen LogP contribution in [0.3, 0.4) is 0 Å². The van der Waals surface area contributed by atoms with E-state index in [0.29, 0.717) is 18.2 Å². The molecule has 0 saturated carbocycles. The number of aromatic amines is 1. The lowest BCUT2D eigenvalue weighted by molar-refractivity contribution is 0.340. The second-order valence-electron chi connectivity index (χ2n) is 5.77. The maximum atomic E-state index is 5.45. The standard InChI is InChI=1S/C19H18N6O/c1-3-26-14-10-8-13(9-11-14)12(2)22-24-19-21-18-17(23-25-19)15-6-4-5-7-16(15)20-18/h4-11H,3H2,1-2H3,(H2,20,21,24,25). The molecule has 0 radical (unpaired) electrons. The average molecular weight is 346 g/mol. The molecule has 0 fully saturated rings. The lowest BCUT2D eigenvalue weighted by atomic mass is 10.1. The molecule has 0 amide bonds. The highest BCUT2D eigenvalue weighted by Crippen LogP contribution is 2.21. The van der Waals surface area contributed by atoms with Gasteiger partial charge < -0.3 is 9.72 Å². The zero-order chi connectivity index (χ0) is 17.9. The van der Waals surface area contributed by atoms with Crippen LogP contribution in [0.2, 0.25) is 0 Å². The molecule has 4 aromatic rings. The molecule has 2 aromatic carbocycles. The van der Waals surface area contributed by atoms with E-state index in [1.165, 1.54) is 0 Å². The number of para-hydroxylation sites is 1. The smallest absolute Gasteiger partial charge is 0.265 e. The predicted molar refractivity (Wildman–Crippen MR) is 103 cm³/mol. The van der Waals surface area contributed by atoms with Crippen LogP contribution in [0.4, 0.5) is 5.95 Å². The van der Waals surface area contributed by atoms with Crippen molar-refractivity contribution in [3.8, 4) is 5.75 Å². The fourth-order valence-electron chi connectivity index (χ4n) is 2.73. The second kappa shape index (κ2) is 6.79. The first-order valence-corrected chi connectivity index (χ1v) is 8.39. The third-order valence-corrected chi connectivity index (χ3v) is 4.03. The lowest BCUT2D eigenvalue weighted by Crippen LogP contribution is -2.03. The van der Waals surface area contributed by atoms with Crippen LogP contribution in [0, 0.1) is 0 Å². The molecule has 0 bridgehead atoms. The summed E-state index contributed by atoms with van der Waals surface area (Å²) < 4.78 is 5.45. The minimum Gasteiger partial charge on any atom is -0.494 e. The van der Waals surface area contributed by atoms with Crippen LogP contribution >= 0.6 is 0 Å². The van der Waals surface area contributed by atoms with E-state index >= 15 is 0 Å². The van der Waals surface area contributed by atoms with E-state index in [1.54, 1.807) is 0 Å². The number of ether oxygens (including phenoxy) is 1. The summed E-state index contributed by atoms with van der Waals surface area (Å²) in [6.45, 7) is 4.52. The quantitative estimate of drug-likeness (QED) is 0.424. The molecule has 0 aliphatic heterocycles. The number of rotatable bonds is 5. The van der Waals surface area contributed by atoms with E-state index in [0.717, 1.165) is 33.4 Å². The molecule has 7 nitrogen and oxygen atoms in total. The van der Waals surface area contributed by atoms with Gasteiger partial charge in [0.05, 0.1) is 12.3 Å². The Kier molecular flexibility index (Phi) is 4.18. The molecule has 2 aromatic heterocycles. The third kappa shape index (κ3) is 3.06. The molecule has 130 valence electrons. The topological polar surface area (TPSA) is 88.1 Å². The average Bonchev–Trinajstić information content (AvgIpc) is 3.04. The van der Waals surface area contributed by atoms with Gasteiger partial charge in [0.15, 0.2) is 5.65 Å². The summed E-state index contributed by atoms with van der Waals surface area (Å²) in [5, 5.41) is 13.7. The number of fused-ring (bicyclic) bond motifs is 3. The van der Waals surface area contributed by atoms with E-state index in [-0.39, 0.29) is 0 Å². The van der Waals surface area contributed by atoms with Gasteiger partial charge in [-0.25, -0.2) is 5.43 Å². The van der Waals surface area contributed by atoms with E-state index in [4.69, 9.17) is 4.74 Å². The van der Waals surface area contributed by atoms with Crippen molar-refractivity contribution in [2.45, 2.75) is 13.8 Å². The van der Waals surface area contributed by atoms with Gasteiger partial charge in [-0.3, -0.25) is 0 Å². The van der Waals surface area contributed by atoms with Gasteiger partial charge >= 0.3 is 0 Å². The number of hydrogen-bond acceptors (Lipinski definition) is 6. The maximum absolute atomic E-state index is 5.45. The normalized spacial score (nSPS) is 11.8. The van der Waals surface area contributed by atoms with Gasteiger partial charge in [0.25, 0.3) is 5.95 Å². The molecule has 4 rings (SSSR count). The Morgan fingerprint density at radius 2 is 1.92 bits per heavy atom. The Balaban J connectivity index is 1.56. The summed E-state index contributed by atoms with van der Waals surface area (Å²) in [4.78, 5) is 7.69.